The molecule has 4 rings (SSSR count). The number of amides is 1. The molecule has 0 N–H and O–H groups in total. The monoisotopic (exact) mass is 343 g/mol. The Balaban J connectivity index is 1.35. The van der Waals surface area contributed by atoms with Gasteiger partial charge in [-0.15, -0.1) is 0 Å². The molecule has 0 aromatic carbocycles. The maximum Gasteiger partial charge on any atom is 0.251 e. The summed E-state index contributed by atoms with van der Waals surface area (Å²) in [5, 5.41) is 0. The van der Waals surface area contributed by atoms with Crippen molar-refractivity contribution in [2.24, 2.45) is 5.92 Å². The molecule has 0 aliphatic carbocycles. The first-order chi connectivity index (χ1) is 12.2. The predicted molar refractivity (Wildman–Crippen MR) is 95.9 cm³/mol. The third-order valence-corrected chi connectivity index (χ3v) is 6.29. The van der Waals surface area contributed by atoms with Gasteiger partial charge in [-0.2, -0.15) is 0 Å². The summed E-state index contributed by atoms with van der Waals surface area (Å²) in [6.45, 7) is 7.05. The number of hydrogen-bond donors (Lipinski definition) is 0. The van der Waals surface area contributed by atoms with Gasteiger partial charge in [0.2, 0.25) is 0 Å². The first kappa shape index (κ1) is 17.0. The number of rotatable bonds is 3. The smallest absolute Gasteiger partial charge is 0.251 e. The van der Waals surface area contributed by atoms with Crippen molar-refractivity contribution in [3.05, 3.63) is 30.1 Å². The van der Waals surface area contributed by atoms with E-state index in [9.17, 15) is 4.79 Å². The van der Waals surface area contributed by atoms with Crippen molar-refractivity contribution in [1.82, 2.24) is 14.8 Å². The van der Waals surface area contributed by atoms with Crippen LogP contribution in [-0.4, -0.2) is 58.6 Å². The summed E-state index contributed by atoms with van der Waals surface area (Å²) in [4.78, 5) is 21.6. The Labute approximate surface area is 150 Å². The summed E-state index contributed by atoms with van der Waals surface area (Å²) < 4.78 is 6.44. The normalized spacial score (nSPS) is 33.2. The van der Waals surface area contributed by atoms with Crippen molar-refractivity contribution < 1.29 is 9.53 Å². The van der Waals surface area contributed by atoms with Crippen LogP contribution >= 0.6 is 0 Å². The number of carbonyl (C=O) groups excluding carboxylic acids is 1. The van der Waals surface area contributed by atoms with Gasteiger partial charge in [-0.1, -0.05) is 13.0 Å². The molecular weight excluding hydrogens is 314 g/mol. The number of ether oxygens (including phenoxy) is 1. The number of piperidine rings is 1. The van der Waals surface area contributed by atoms with Gasteiger partial charge in [0.15, 0.2) is 0 Å². The Morgan fingerprint density at radius 3 is 2.84 bits per heavy atom. The molecule has 3 aliphatic rings. The highest BCUT2D eigenvalue weighted by Gasteiger charge is 2.49. The van der Waals surface area contributed by atoms with E-state index in [-0.39, 0.29) is 17.6 Å². The molecular formula is C20H29N3O2. The van der Waals surface area contributed by atoms with Gasteiger partial charge in [0.25, 0.3) is 5.91 Å². The van der Waals surface area contributed by atoms with Crippen LogP contribution in [0.4, 0.5) is 0 Å². The lowest BCUT2D eigenvalue weighted by Gasteiger charge is -2.44. The molecule has 3 atom stereocenters. The van der Waals surface area contributed by atoms with Gasteiger partial charge in [-0.25, -0.2) is 0 Å². The Bertz CT molecular complexity index is 602. The predicted octanol–water partition coefficient (Wildman–Crippen LogP) is 2.46. The maximum absolute atomic E-state index is 12.7. The van der Waals surface area contributed by atoms with E-state index < -0.39 is 0 Å². The fourth-order valence-electron chi connectivity index (χ4n) is 4.74. The molecule has 5 heteroatoms. The summed E-state index contributed by atoms with van der Waals surface area (Å²) in [7, 11) is 0. The van der Waals surface area contributed by atoms with Gasteiger partial charge >= 0.3 is 0 Å². The summed E-state index contributed by atoms with van der Waals surface area (Å²) in [5.41, 5.74) is 1.03. The van der Waals surface area contributed by atoms with Crippen LogP contribution in [0, 0.1) is 5.92 Å². The zero-order chi connectivity index (χ0) is 17.3. The third kappa shape index (κ3) is 3.44. The van der Waals surface area contributed by atoms with E-state index in [1.54, 1.807) is 0 Å². The second-order valence-corrected chi connectivity index (χ2v) is 7.95. The highest BCUT2D eigenvalue weighted by atomic mass is 16.5. The molecule has 3 saturated heterocycles. The van der Waals surface area contributed by atoms with Crippen LogP contribution < -0.4 is 0 Å². The van der Waals surface area contributed by atoms with E-state index in [2.05, 4.69) is 22.9 Å². The quantitative estimate of drug-likeness (QED) is 0.846. The van der Waals surface area contributed by atoms with Crippen molar-refractivity contribution in [2.45, 2.75) is 57.3 Å². The summed E-state index contributed by atoms with van der Waals surface area (Å²) in [5.74, 6) is 0.679. The molecule has 1 amide bonds. The van der Waals surface area contributed by atoms with Crippen LogP contribution in [0.15, 0.2) is 24.4 Å². The molecule has 0 saturated carbocycles. The van der Waals surface area contributed by atoms with Crippen LogP contribution in [0.2, 0.25) is 0 Å². The lowest BCUT2D eigenvalue weighted by atomic mass is 9.80. The Morgan fingerprint density at radius 2 is 2.12 bits per heavy atom. The molecule has 1 spiro atoms. The molecule has 25 heavy (non-hydrogen) atoms. The molecule has 3 aliphatic heterocycles. The minimum absolute atomic E-state index is 0.0966. The van der Waals surface area contributed by atoms with E-state index in [0.29, 0.717) is 5.92 Å². The molecule has 4 heterocycles. The van der Waals surface area contributed by atoms with Gasteiger partial charge in [0, 0.05) is 38.9 Å². The largest absolute Gasteiger partial charge is 0.362 e. The van der Waals surface area contributed by atoms with Gasteiger partial charge in [-0.05, 0) is 50.2 Å². The van der Waals surface area contributed by atoms with E-state index in [1.165, 1.54) is 0 Å². The number of nitrogens with zero attached hydrogens (tertiary/aromatic N) is 3. The van der Waals surface area contributed by atoms with Gasteiger partial charge < -0.3 is 9.64 Å². The first-order valence-corrected chi connectivity index (χ1v) is 9.75. The zero-order valence-corrected chi connectivity index (χ0v) is 15.2. The molecule has 1 aromatic heterocycles. The molecule has 1 unspecified atom stereocenters. The number of carbonyl (C=O) groups is 1. The molecule has 3 fully saturated rings. The van der Waals surface area contributed by atoms with E-state index >= 15 is 0 Å². The Hall–Kier alpha value is -1.46. The standard InChI is InChI=1S/C20H29N3O2/c1-16-14-22(15-17-6-2-3-10-21-17)13-9-20(16)8-7-18(25-20)19(24)23-11-4-5-12-23/h2-3,6,10,16,18H,4-5,7-9,11-15H2,1H3/t16-,18?,20-/m1/s1. The van der Waals surface area contributed by atoms with Crippen LogP contribution in [0.25, 0.3) is 0 Å². The van der Waals surface area contributed by atoms with Crippen molar-refractivity contribution in [2.75, 3.05) is 26.2 Å². The molecule has 1 aromatic rings. The average Bonchev–Trinajstić information content (AvgIpc) is 3.30. The highest BCUT2D eigenvalue weighted by Crippen LogP contribution is 2.43. The van der Waals surface area contributed by atoms with Gasteiger partial charge in [0.1, 0.15) is 6.10 Å². The lowest BCUT2D eigenvalue weighted by molar-refractivity contribution is -0.156. The number of pyridine rings is 1. The topological polar surface area (TPSA) is 45.7 Å². The van der Waals surface area contributed by atoms with Crippen LogP contribution in [0.3, 0.4) is 0 Å². The zero-order valence-electron chi connectivity index (χ0n) is 15.2. The summed E-state index contributed by atoms with van der Waals surface area (Å²) >= 11 is 0. The third-order valence-electron chi connectivity index (χ3n) is 6.29. The maximum atomic E-state index is 12.7. The molecule has 0 radical (unpaired) electrons. The van der Waals surface area contributed by atoms with Crippen LogP contribution in [0.1, 0.15) is 44.7 Å². The summed E-state index contributed by atoms with van der Waals surface area (Å²) in [6.07, 6.45) is 6.87. The Morgan fingerprint density at radius 1 is 1.28 bits per heavy atom. The minimum Gasteiger partial charge on any atom is -0.362 e. The second-order valence-electron chi connectivity index (χ2n) is 7.95. The van der Waals surface area contributed by atoms with Crippen LogP contribution in [-0.2, 0) is 16.1 Å². The van der Waals surface area contributed by atoms with Crippen molar-refractivity contribution in [1.29, 1.82) is 0 Å². The fraction of sp³-hybridized carbons (Fsp3) is 0.700. The number of aromatic nitrogens is 1. The number of hydrogen-bond acceptors (Lipinski definition) is 4. The van der Waals surface area contributed by atoms with Crippen molar-refractivity contribution >= 4 is 5.91 Å². The Kier molecular flexibility index (Phi) is 4.78. The lowest BCUT2D eigenvalue weighted by Crippen LogP contribution is -2.51. The molecule has 136 valence electrons. The average molecular weight is 343 g/mol. The minimum atomic E-state index is -0.206. The fourth-order valence-corrected chi connectivity index (χ4v) is 4.74. The molecule has 5 nitrogen and oxygen atoms in total. The van der Waals surface area contributed by atoms with Crippen molar-refractivity contribution in [3.8, 4) is 0 Å². The van der Waals surface area contributed by atoms with E-state index in [0.717, 1.165) is 70.5 Å². The van der Waals surface area contributed by atoms with Gasteiger partial charge in [0.05, 0.1) is 11.3 Å². The SMILES string of the molecule is C[C@@H]1CN(Cc2ccccn2)CC[C@]12CCC(C(=O)N1CCCC1)O2. The highest BCUT2D eigenvalue weighted by molar-refractivity contribution is 5.81. The van der Waals surface area contributed by atoms with E-state index in [4.69, 9.17) is 4.74 Å². The number of likely N-dealkylation sites (tertiary alicyclic amines) is 2. The van der Waals surface area contributed by atoms with E-state index in [1.807, 2.05) is 23.2 Å². The van der Waals surface area contributed by atoms with Crippen LogP contribution in [0.5, 0.6) is 0 Å². The molecule has 0 bridgehead atoms. The second kappa shape index (κ2) is 7.04. The summed E-state index contributed by atoms with van der Waals surface area (Å²) in [6, 6.07) is 6.10. The first-order valence-electron chi connectivity index (χ1n) is 9.75. The van der Waals surface area contributed by atoms with Crippen molar-refractivity contribution in [3.63, 3.8) is 0 Å². The van der Waals surface area contributed by atoms with Gasteiger partial charge in [-0.3, -0.25) is 14.7 Å².